The summed E-state index contributed by atoms with van der Waals surface area (Å²) in [5.74, 6) is 0.101. The number of piperazine rings is 1. The van der Waals surface area contributed by atoms with Crippen LogP contribution in [0.1, 0.15) is 26.2 Å². The number of carbonyl (C=O) groups excluding carboxylic acids is 1. The monoisotopic (exact) mass is 227 g/mol. The fourth-order valence-corrected chi connectivity index (χ4v) is 2.23. The van der Waals surface area contributed by atoms with Crippen LogP contribution in [0.2, 0.25) is 0 Å². The van der Waals surface area contributed by atoms with Crippen molar-refractivity contribution in [3.8, 4) is 0 Å². The molecule has 0 bridgehead atoms. The van der Waals surface area contributed by atoms with Crippen molar-refractivity contribution in [2.75, 3.05) is 13.1 Å². The van der Waals surface area contributed by atoms with Crippen LogP contribution in [0.5, 0.6) is 0 Å². The maximum Gasteiger partial charge on any atom is 0.242 e. The number of carbonyl (C=O) groups is 1. The molecule has 1 aliphatic heterocycles. The molecule has 84 valence electrons. The van der Waals surface area contributed by atoms with Gasteiger partial charge in [-0.1, -0.05) is 6.92 Å². The van der Waals surface area contributed by atoms with Gasteiger partial charge in [-0.05, 0) is 31.5 Å². The van der Waals surface area contributed by atoms with Crippen LogP contribution in [0.25, 0.3) is 0 Å². The highest BCUT2D eigenvalue weighted by Gasteiger charge is 2.32. The van der Waals surface area contributed by atoms with Gasteiger partial charge in [-0.15, -0.1) is 0 Å². The molecule has 1 saturated carbocycles. The minimum atomic E-state index is -0.0856. The van der Waals surface area contributed by atoms with Crippen molar-refractivity contribution in [1.29, 1.82) is 0 Å². The summed E-state index contributed by atoms with van der Waals surface area (Å²) in [4.78, 5) is 13.6. The van der Waals surface area contributed by atoms with Gasteiger partial charge in [0.1, 0.15) is 6.04 Å². The van der Waals surface area contributed by atoms with Gasteiger partial charge >= 0.3 is 0 Å². The fraction of sp³-hybridized carbons (Fsp3) is 0.800. The van der Waals surface area contributed by atoms with Gasteiger partial charge in [-0.3, -0.25) is 4.79 Å². The number of nitrogens with zero attached hydrogens (tertiary/aromatic N) is 1. The van der Waals surface area contributed by atoms with Gasteiger partial charge in [0.25, 0.3) is 0 Å². The van der Waals surface area contributed by atoms with Crippen molar-refractivity contribution in [2.24, 2.45) is 0 Å². The van der Waals surface area contributed by atoms with Crippen molar-refractivity contribution in [1.82, 2.24) is 15.5 Å². The number of thiocarbonyl (C=S) groups is 1. The molecule has 2 fully saturated rings. The molecule has 1 amide bonds. The van der Waals surface area contributed by atoms with E-state index in [1.807, 2.05) is 11.8 Å². The maximum atomic E-state index is 11.6. The molecule has 0 aromatic rings. The summed E-state index contributed by atoms with van der Waals surface area (Å²) >= 11 is 5.32. The molecule has 2 aliphatic rings. The molecule has 2 rings (SSSR count). The first kappa shape index (κ1) is 10.7. The maximum absolute atomic E-state index is 11.6. The standard InChI is InChI=1S/C10H17N3OS/c1-2-8-9(14)11-5-6-13(8)10(15)12-7-3-4-7/h7-8H,2-6H2,1H3,(H,11,14)(H,12,15). The van der Waals surface area contributed by atoms with Crippen LogP contribution in [0, 0.1) is 0 Å². The second-order valence-electron chi connectivity index (χ2n) is 4.13. The Hall–Kier alpha value is -0.840. The number of hydrogen-bond donors (Lipinski definition) is 2. The Kier molecular flexibility index (Phi) is 3.09. The minimum absolute atomic E-state index is 0.0856. The van der Waals surface area contributed by atoms with Crippen molar-refractivity contribution in [2.45, 2.75) is 38.3 Å². The van der Waals surface area contributed by atoms with E-state index in [1.165, 1.54) is 12.8 Å². The third-order valence-electron chi connectivity index (χ3n) is 2.88. The second kappa shape index (κ2) is 4.35. The zero-order valence-corrected chi connectivity index (χ0v) is 9.77. The number of amides is 1. The second-order valence-corrected chi connectivity index (χ2v) is 4.52. The van der Waals surface area contributed by atoms with E-state index < -0.39 is 0 Å². The molecule has 2 N–H and O–H groups in total. The number of nitrogens with one attached hydrogen (secondary N) is 2. The van der Waals surface area contributed by atoms with Gasteiger partial charge in [0.15, 0.2) is 5.11 Å². The zero-order chi connectivity index (χ0) is 10.8. The number of rotatable bonds is 2. The smallest absolute Gasteiger partial charge is 0.242 e. The topological polar surface area (TPSA) is 44.4 Å². The first-order valence-electron chi connectivity index (χ1n) is 5.57. The molecule has 0 radical (unpaired) electrons. The summed E-state index contributed by atoms with van der Waals surface area (Å²) in [6, 6.07) is 0.470. The minimum Gasteiger partial charge on any atom is -0.360 e. The normalized spacial score (nSPS) is 26.1. The van der Waals surface area contributed by atoms with Gasteiger partial charge < -0.3 is 15.5 Å². The summed E-state index contributed by atoms with van der Waals surface area (Å²) in [7, 11) is 0. The highest BCUT2D eigenvalue weighted by atomic mass is 32.1. The molecule has 1 saturated heterocycles. The van der Waals surface area contributed by atoms with Crippen molar-refractivity contribution in [3.05, 3.63) is 0 Å². The summed E-state index contributed by atoms with van der Waals surface area (Å²) in [5.41, 5.74) is 0. The SMILES string of the molecule is CCC1C(=O)NCCN1C(=S)NC1CC1. The van der Waals surface area contributed by atoms with E-state index in [1.54, 1.807) is 0 Å². The Labute approximate surface area is 95.4 Å². The molecule has 0 aromatic carbocycles. The predicted molar refractivity (Wildman–Crippen MR) is 62.6 cm³/mol. The van der Waals surface area contributed by atoms with E-state index in [2.05, 4.69) is 10.6 Å². The molecule has 1 aliphatic carbocycles. The zero-order valence-electron chi connectivity index (χ0n) is 8.95. The van der Waals surface area contributed by atoms with E-state index in [9.17, 15) is 4.79 Å². The fourth-order valence-electron chi connectivity index (χ4n) is 1.85. The van der Waals surface area contributed by atoms with Crippen LogP contribution in [0.15, 0.2) is 0 Å². The van der Waals surface area contributed by atoms with Crippen molar-refractivity contribution < 1.29 is 4.79 Å². The molecular weight excluding hydrogens is 210 g/mol. The van der Waals surface area contributed by atoms with E-state index in [0.29, 0.717) is 12.6 Å². The lowest BCUT2D eigenvalue weighted by atomic mass is 10.1. The lowest BCUT2D eigenvalue weighted by molar-refractivity contribution is -0.127. The molecule has 1 unspecified atom stereocenters. The largest absolute Gasteiger partial charge is 0.360 e. The van der Waals surface area contributed by atoms with E-state index >= 15 is 0 Å². The molecule has 15 heavy (non-hydrogen) atoms. The van der Waals surface area contributed by atoms with Crippen LogP contribution < -0.4 is 10.6 Å². The average molecular weight is 227 g/mol. The number of hydrogen-bond acceptors (Lipinski definition) is 2. The summed E-state index contributed by atoms with van der Waals surface area (Å²) in [6.45, 7) is 3.53. The lowest BCUT2D eigenvalue weighted by Crippen LogP contribution is -2.59. The lowest BCUT2D eigenvalue weighted by Gasteiger charge is -2.36. The van der Waals surface area contributed by atoms with Crippen LogP contribution >= 0.6 is 12.2 Å². The summed E-state index contributed by atoms with van der Waals surface area (Å²) < 4.78 is 0. The average Bonchev–Trinajstić information content (AvgIpc) is 3.01. The van der Waals surface area contributed by atoms with Gasteiger partial charge in [-0.25, -0.2) is 0 Å². The van der Waals surface area contributed by atoms with E-state index in [0.717, 1.165) is 18.1 Å². The summed E-state index contributed by atoms with van der Waals surface area (Å²) in [5, 5.41) is 6.90. The Morgan fingerprint density at radius 2 is 2.40 bits per heavy atom. The highest BCUT2D eigenvalue weighted by molar-refractivity contribution is 7.80. The molecule has 5 heteroatoms. The van der Waals surface area contributed by atoms with Crippen molar-refractivity contribution >= 4 is 23.2 Å². The van der Waals surface area contributed by atoms with Gasteiger partial charge in [-0.2, -0.15) is 0 Å². The Morgan fingerprint density at radius 3 is 3.00 bits per heavy atom. The van der Waals surface area contributed by atoms with Crippen LogP contribution in [0.3, 0.4) is 0 Å². The predicted octanol–water partition coefficient (Wildman–Crippen LogP) is 0.234. The molecule has 1 heterocycles. The van der Waals surface area contributed by atoms with Crippen LogP contribution in [-0.2, 0) is 4.79 Å². The Bertz CT molecular complexity index is 278. The Morgan fingerprint density at radius 1 is 1.67 bits per heavy atom. The van der Waals surface area contributed by atoms with Gasteiger partial charge in [0.2, 0.25) is 5.91 Å². The summed E-state index contributed by atoms with van der Waals surface area (Å²) in [6.07, 6.45) is 3.21. The van der Waals surface area contributed by atoms with Crippen molar-refractivity contribution in [3.63, 3.8) is 0 Å². The third kappa shape index (κ3) is 2.40. The third-order valence-corrected chi connectivity index (χ3v) is 3.24. The molecule has 0 aromatic heterocycles. The highest BCUT2D eigenvalue weighted by Crippen LogP contribution is 2.20. The van der Waals surface area contributed by atoms with Gasteiger partial charge in [0.05, 0.1) is 0 Å². The first-order chi connectivity index (χ1) is 7.22. The molecule has 0 spiro atoms. The van der Waals surface area contributed by atoms with Gasteiger partial charge in [0, 0.05) is 19.1 Å². The van der Waals surface area contributed by atoms with Crippen LogP contribution in [-0.4, -0.2) is 41.1 Å². The molecule has 1 atom stereocenters. The van der Waals surface area contributed by atoms with E-state index in [-0.39, 0.29) is 11.9 Å². The Balaban J connectivity index is 1.97. The molecular formula is C10H17N3OS. The first-order valence-corrected chi connectivity index (χ1v) is 5.98. The van der Waals surface area contributed by atoms with Crippen LogP contribution in [0.4, 0.5) is 0 Å². The van der Waals surface area contributed by atoms with E-state index in [4.69, 9.17) is 12.2 Å². The quantitative estimate of drug-likeness (QED) is 0.663. The molecule has 4 nitrogen and oxygen atoms in total.